The van der Waals surface area contributed by atoms with Gasteiger partial charge in [0.25, 0.3) is 5.91 Å². The Balaban J connectivity index is 4.62. The van der Waals surface area contributed by atoms with Crippen LogP contribution in [0, 0.1) is 0 Å². The second-order valence-electron chi connectivity index (χ2n) is 2.90. The van der Waals surface area contributed by atoms with Gasteiger partial charge >= 0.3 is 0 Å². The highest BCUT2D eigenvalue weighted by Crippen LogP contribution is 2.15. The lowest BCUT2D eigenvalue weighted by Crippen LogP contribution is -2.49. The molecule has 0 rings (SSSR count). The van der Waals surface area contributed by atoms with Crippen molar-refractivity contribution >= 4 is 11.7 Å². The van der Waals surface area contributed by atoms with Crippen LogP contribution in [-0.4, -0.2) is 22.4 Å². The van der Waals surface area contributed by atoms with E-state index in [0.717, 1.165) is 12.5 Å². The molecule has 0 heterocycles. The van der Waals surface area contributed by atoms with E-state index in [2.05, 4.69) is 6.58 Å². The first-order valence-electron chi connectivity index (χ1n) is 4.18. The fourth-order valence-electron chi connectivity index (χ4n) is 0.969. The largest absolute Gasteiger partial charge is 0.373 e. The number of carbonyl (C=O) groups excluding carboxylic acids is 2. The zero-order chi connectivity index (χ0) is 10.5. The summed E-state index contributed by atoms with van der Waals surface area (Å²) in [5.41, 5.74) is 2.87. The van der Waals surface area contributed by atoms with Gasteiger partial charge in [0.15, 0.2) is 5.78 Å². The molecule has 0 bridgehead atoms. The van der Waals surface area contributed by atoms with Crippen molar-refractivity contribution in [3.05, 3.63) is 12.7 Å². The molecule has 13 heavy (non-hydrogen) atoms. The molecule has 0 aliphatic carbocycles. The number of unbranched alkanes of at least 4 members (excludes halogenated alkanes) is 1. The molecular formula is C9H15NO3. The Hall–Kier alpha value is -1.16. The fourth-order valence-corrected chi connectivity index (χ4v) is 0.969. The minimum absolute atomic E-state index is 0.0592. The smallest absolute Gasteiger partial charge is 0.257 e. The second kappa shape index (κ2) is 4.77. The highest BCUT2D eigenvalue weighted by molar-refractivity contribution is 6.13. The van der Waals surface area contributed by atoms with Crippen LogP contribution >= 0.6 is 0 Å². The Labute approximate surface area is 77.4 Å². The van der Waals surface area contributed by atoms with Gasteiger partial charge in [-0.2, -0.15) is 0 Å². The summed E-state index contributed by atoms with van der Waals surface area (Å²) in [6, 6.07) is 0. The molecule has 0 aromatic rings. The summed E-state index contributed by atoms with van der Waals surface area (Å²) in [7, 11) is 0. The Morgan fingerprint density at radius 1 is 1.62 bits per heavy atom. The van der Waals surface area contributed by atoms with Crippen LogP contribution in [0.15, 0.2) is 12.7 Å². The van der Waals surface area contributed by atoms with Crippen LogP contribution < -0.4 is 5.73 Å². The molecule has 0 fully saturated rings. The van der Waals surface area contributed by atoms with E-state index >= 15 is 0 Å². The summed E-state index contributed by atoms with van der Waals surface area (Å²) < 4.78 is 0. The van der Waals surface area contributed by atoms with Crippen molar-refractivity contribution < 1.29 is 14.7 Å². The summed E-state index contributed by atoms with van der Waals surface area (Å²) in [6.45, 7) is 5.09. The Morgan fingerprint density at radius 3 is 2.46 bits per heavy atom. The van der Waals surface area contributed by atoms with E-state index in [1.807, 2.05) is 6.92 Å². The van der Waals surface area contributed by atoms with E-state index in [4.69, 9.17) is 5.73 Å². The van der Waals surface area contributed by atoms with Crippen molar-refractivity contribution in [3.8, 4) is 0 Å². The van der Waals surface area contributed by atoms with Crippen molar-refractivity contribution in [3.63, 3.8) is 0 Å². The van der Waals surface area contributed by atoms with Crippen LogP contribution in [0.1, 0.15) is 26.2 Å². The molecule has 0 aromatic heterocycles. The molecular weight excluding hydrogens is 170 g/mol. The molecule has 0 radical (unpaired) electrons. The number of carbonyl (C=O) groups is 2. The molecule has 74 valence electrons. The molecule has 0 saturated heterocycles. The molecule has 0 aliphatic rings. The summed E-state index contributed by atoms with van der Waals surface area (Å²) in [6.07, 6.45) is 2.32. The third kappa shape index (κ3) is 2.66. The number of ketones is 1. The van der Waals surface area contributed by atoms with Crippen LogP contribution in [0.2, 0.25) is 0 Å². The third-order valence-corrected chi connectivity index (χ3v) is 1.89. The van der Waals surface area contributed by atoms with Crippen LogP contribution in [0.5, 0.6) is 0 Å². The molecule has 3 N–H and O–H groups in total. The van der Waals surface area contributed by atoms with Gasteiger partial charge in [-0.25, -0.2) is 0 Å². The molecule has 0 spiro atoms. The zero-order valence-corrected chi connectivity index (χ0v) is 7.75. The van der Waals surface area contributed by atoms with E-state index < -0.39 is 17.3 Å². The number of hydrogen-bond donors (Lipinski definition) is 2. The quantitative estimate of drug-likeness (QED) is 0.456. The maximum absolute atomic E-state index is 11.1. The lowest BCUT2D eigenvalue weighted by Gasteiger charge is -2.20. The fraction of sp³-hybridized carbons (Fsp3) is 0.556. The minimum atomic E-state index is -2.06. The Kier molecular flexibility index (Phi) is 4.34. The van der Waals surface area contributed by atoms with Crippen molar-refractivity contribution in [2.45, 2.75) is 31.8 Å². The Morgan fingerprint density at radius 2 is 2.15 bits per heavy atom. The summed E-state index contributed by atoms with van der Waals surface area (Å²) in [4.78, 5) is 21.9. The van der Waals surface area contributed by atoms with Crippen molar-refractivity contribution in [1.82, 2.24) is 0 Å². The average Bonchev–Trinajstić information content (AvgIpc) is 2.12. The number of nitrogens with two attached hydrogens (primary N) is 1. The van der Waals surface area contributed by atoms with Gasteiger partial charge < -0.3 is 10.8 Å². The molecule has 0 aliphatic heterocycles. The first kappa shape index (κ1) is 11.8. The maximum atomic E-state index is 11.1. The first-order chi connectivity index (χ1) is 5.99. The van der Waals surface area contributed by atoms with Gasteiger partial charge in [0.1, 0.15) is 0 Å². The normalized spacial score (nSPS) is 14.6. The summed E-state index contributed by atoms with van der Waals surface area (Å²) in [5.74, 6) is -1.74. The van der Waals surface area contributed by atoms with Gasteiger partial charge in [-0.3, -0.25) is 9.59 Å². The molecule has 4 heteroatoms. The zero-order valence-electron chi connectivity index (χ0n) is 7.75. The standard InChI is InChI=1S/C9H15NO3/c1-3-5-6-9(13,8(10)12)7(11)4-2/h4,13H,2-3,5-6H2,1H3,(H2,10,12). The van der Waals surface area contributed by atoms with Crippen LogP contribution in [0.25, 0.3) is 0 Å². The first-order valence-corrected chi connectivity index (χ1v) is 4.18. The molecule has 0 aromatic carbocycles. The summed E-state index contributed by atoms with van der Waals surface area (Å²) >= 11 is 0. The van der Waals surface area contributed by atoms with E-state index in [9.17, 15) is 14.7 Å². The predicted molar refractivity (Wildman–Crippen MR) is 48.9 cm³/mol. The highest BCUT2D eigenvalue weighted by Gasteiger charge is 2.39. The van der Waals surface area contributed by atoms with E-state index in [0.29, 0.717) is 6.42 Å². The number of hydrogen-bond acceptors (Lipinski definition) is 3. The van der Waals surface area contributed by atoms with Crippen molar-refractivity contribution in [2.24, 2.45) is 5.73 Å². The molecule has 4 nitrogen and oxygen atoms in total. The Bertz CT molecular complexity index is 225. The maximum Gasteiger partial charge on any atom is 0.257 e. The van der Waals surface area contributed by atoms with Gasteiger partial charge in [0.2, 0.25) is 5.60 Å². The number of amides is 1. The molecule has 0 saturated carbocycles. The van der Waals surface area contributed by atoms with E-state index in [-0.39, 0.29) is 6.42 Å². The van der Waals surface area contributed by atoms with Crippen LogP contribution in [0.3, 0.4) is 0 Å². The van der Waals surface area contributed by atoms with Gasteiger partial charge in [-0.15, -0.1) is 0 Å². The van der Waals surface area contributed by atoms with Crippen molar-refractivity contribution in [2.75, 3.05) is 0 Å². The number of aliphatic hydroxyl groups is 1. The van der Waals surface area contributed by atoms with Gasteiger partial charge in [0.05, 0.1) is 0 Å². The highest BCUT2D eigenvalue weighted by atomic mass is 16.3. The van der Waals surface area contributed by atoms with E-state index in [1.165, 1.54) is 0 Å². The predicted octanol–water partition coefficient (Wildman–Crippen LogP) is 0.148. The lowest BCUT2D eigenvalue weighted by molar-refractivity contribution is -0.148. The third-order valence-electron chi connectivity index (χ3n) is 1.89. The minimum Gasteiger partial charge on any atom is -0.373 e. The molecule has 1 unspecified atom stereocenters. The second-order valence-corrected chi connectivity index (χ2v) is 2.90. The summed E-state index contributed by atoms with van der Waals surface area (Å²) in [5, 5.41) is 9.59. The topological polar surface area (TPSA) is 80.4 Å². The number of primary amides is 1. The monoisotopic (exact) mass is 185 g/mol. The molecule has 1 atom stereocenters. The average molecular weight is 185 g/mol. The van der Waals surface area contributed by atoms with Gasteiger partial charge in [-0.05, 0) is 18.9 Å². The van der Waals surface area contributed by atoms with Gasteiger partial charge in [0, 0.05) is 0 Å². The van der Waals surface area contributed by atoms with Gasteiger partial charge in [-0.1, -0.05) is 19.9 Å². The van der Waals surface area contributed by atoms with Crippen LogP contribution in [-0.2, 0) is 9.59 Å². The molecule has 1 amide bonds. The van der Waals surface area contributed by atoms with E-state index in [1.54, 1.807) is 0 Å². The van der Waals surface area contributed by atoms with Crippen LogP contribution in [0.4, 0.5) is 0 Å². The SMILES string of the molecule is C=CC(=O)C(O)(CCCC)C(N)=O. The number of rotatable bonds is 6. The van der Waals surface area contributed by atoms with Crippen molar-refractivity contribution in [1.29, 1.82) is 0 Å². The lowest BCUT2D eigenvalue weighted by atomic mass is 9.91.